The Kier molecular flexibility index (Phi) is 5.16. The molecule has 28 heavy (non-hydrogen) atoms. The van der Waals surface area contributed by atoms with Crippen LogP contribution in [-0.4, -0.2) is 59.0 Å². The third kappa shape index (κ3) is 3.87. The fraction of sp³-hybridized carbons (Fsp3) is 0.176. The Labute approximate surface area is 157 Å². The molecule has 11 heteroatoms. The van der Waals surface area contributed by atoms with Crippen LogP contribution in [-0.2, 0) is 4.79 Å². The molecule has 0 bridgehead atoms. The molecule has 0 atom stereocenters. The van der Waals surface area contributed by atoms with Gasteiger partial charge in [0.05, 0.1) is 25.9 Å². The average Bonchev–Trinajstić information content (AvgIpc) is 3.27. The van der Waals surface area contributed by atoms with Gasteiger partial charge < -0.3 is 9.15 Å². The lowest BCUT2D eigenvalue weighted by atomic mass is 10.1. The van der Waals surface area contributed by atoms with E-state index in [2.05, 4.69) is 5.10 Å². The molecule has 3 rings (SSSR count). The van der Waals surface area contributed by atoms with Crippen LogP contribution in [0.25, 0.3) is 0 Å². The number of amides is 3. The fourth-order valence-electron chi connectivity index (χ4n) is 2.42. The maximum absolute atomic E-state index is 12.3. The van der Waals surface area contributed by atoms with E-state index in [1.807, 2.05) is 0 Å². The molecule has 1 saturated heterocycles. The first-order chi connectivity index (χ1) is 13.4. The van der Waals surface area contributed by atoms with Crippen LogP contribution in [0.2, 0.25) is 0 Å². The SMILES string of the molecule is COc1ccc(C(=O)CN2C(=O)CN(/N=C/c3ccc([N+](=O)[O-])o3)C2=O)cc1. The van der Waals surface area contributed by atoms with E-state index in [4.69, 9.17) is 9.15 Å². The first-order valence-corrected chi connectivity index (χ1v) is 7.96. The molecule has 0 radical (unpaired) electrons. The second-order valence-corrected chi connectivity index (χ2v) is 5.65. The van der Waals surface area contributed by atoms with E-state index in [0.29, 0.717) is 11.3 Å². The van der Waals surface area contributed by atoms with Crippen molar-refractivity contribution in [2.45, 2.75) is 0 Å². The van der Waals surface area contributed by atoms with Crippen molar-refractivity contribution in [1.29, 1.82) is 0 Å². The Morgan fingerprint density at radius 3 is 2.61 bits per heavy atom. The third-order valence-electron chi connectivity index (χ3n) is 3.87. The minimum Gasteiger partial charge on any atom is -0.497 e. The van der Waals surface area contributed by atoms with Gasteiger partial charge in [-0.1, -0.05) is 0 Å². The number of Topliss-reactive ketones (excluding diaryl/α,β-unsaturated/α-hetero) is 1. The molecule has 2 aromatic rings. The zero-order valence-electron chi connectivity index (χ0n) is 14.6. The summed E-state index contributed by atoms with van der Waals surface area (Å²) in [4.78, 5) is 47.4. The molecule has 1 aliphatic heterocycles. The Balaban J connectivity index is 1.66. The molecule has 144 valence electrons. The molecule has 0 spiro atoms. The van der Waals surface area contributed by atoms with Crippen molar-refractivity contribution in [2.24, 2.45) is 5.10 Å². The lowest BCUT2D eigenvalue weighted by molar-refractivity contribution is -0.402. The predicted octanol–water partition coefficient (Wildman–Crippen LogP) is 1.68. The summed E-state index contributed by atoms with van der Waals surface area (Å²) in [6, 6.07) is 7.93. The molecular weight excluding hydrogens is 372 g/mol. The normalized spacial score (nSPS) is 14.2. The van der Waals surface area contributed by atoms with Gasteiger partial charge in [-0.3, -0.25) is 24.6 Å². The van der Waals surface area contributed by atoms with Gasteiger partial charge in [0.15, 0.2) is 11.5 Å². The molecule has 0 N–H and O–H groups in total. The standard InChI is InChI=1S/C17H14N4O7/c1-27-12-4-2-11(3-5-12)14(22)9-19-15(23)10-20(17(19)24)18-8-13-6-7-16(28-13)21(25)26/h2-8H,9-10H2,1H3/b18-8+. The first-order valence-electron chi connectivity index (χ1n) is 7.96. The molecule has 3 amide bonds. The van der Waals surface area contributed by atoms with Gasteiger partial charge in [0.2, 0.25) is 0 Å². The summed E-state index contributed by atoms with van der Waals surface area (Å²) in [7, 11) is 1.49. The van der Waals surface area contributed by atoms with Crippen LogP contribution in [0.1, 0.15) is 16.1 Å². The molecule has 1 aliphatic rings. The Bertz CT molecular complexity index is 964. The van der Waals surface area contributed by atoms with E-state index in [1.54, 1.807) is 12.1 Å². The number of hydrogen-bond acceptors (Lipinski definition) is 8. The number of ether oxygens (including phenoxy) is 1. The van der Waals surface area contributed by atoms with E-state index in [-0.39, 0.29) is 12.3 Å². The van der Waals surface area contributed by atoms with E-state index >= 15 is 0 Å². The van der Waals surface area contributed by atoms with Crippen LogP contribution < -0.4 is 4.74 Å². The zero-order valence-corrected chi connectivity index (χ0v) is 14.6. The summed E-state index contributed by atoms with van der Waals surface area (Å²) >= 11 is 0. The third-order valence-corrected chi connectivity index (χ3v) is 3.87. The van der Waals surface area contributed by atoms with Crippen molar-refractivity contribution in [3.63, 3.8) is 0 Å². The van der Waals surface area contributed by atoms with E-state index in [1.165, 1.54) is 25.3 Å². The second kappa shape index (κ2) is 7.70. The molecule has 0 aliphatic carbocycles. The van der Waals surface area contributed by atoms with Gasteiger partial charge in [-0.25, -0.2) is 9.80 Å². The summed E-state index contributed by atoms with van der Waals surface area (Å²) in [5, 5.41) is 15.2. The maximum atomic E-state index is 12.3. The van der Waals surface area contributed by atoms with Gasteiger partial charge in [0.1, 0.15) is 17.2 Å². The van der Waals surface area contributed by atoms with E-state index in [9.17, 15) is 24.5 Å². The van der Waals surface area contributed by atoms with Crippen molar-refractivity contribution in [2.75, 3.05) is 20.2 Å². The van der Waals surface area contributed by atoms with Crippen LogP contribution in [0.15, 0.2) is 45.9 Å². The molecule has 2 heterocycles. The van der Waals surface area contributed by atoms with Gasteiger partial charge in [-0.05, 0) is 30.3 Å². The number of rotatable bonds is 7. The average molecular weight is 386 g/mol. The number of benzene rings is 1. The fourth-order valence-corrected chi connectivity index (χ4v) is 2.42. The van der Waals surface area contributed by atoms with Crippen LogP contribution in [0, 0.1) is 10.1 Å². The highest BCUT2D eigenvalue weighted by Crippen LogP contribution is 2.17. The number of nitro groups is 1. The number of furan rings is 1. The highest BCUT2D eigenvalue weighted by Gasteiger charge is 2.37. The summed E-state index contributed by atoms with van der Waals surface area (Å²) in [5.41, 5.74) is 0.325. The number of hydrazone groups is 1. The molecule has 1 fully saturated rings. The molecule has 0 unspecified atom stereocenters. The highest BCUT2D eigenvalue weighted by atomic mass is 16.6. The maximum Gasteiger partial charge on any atom is 0.433 e. The van der Waals surface area contributed by atoms with Gasteiger partial charge in [-0.15, -0.1) is 0 Å². The largest absolute Gasteiger partial charge is 0.497 e. The quantitative estimate of drug-likeness (QED) is 0.232. The highest BCUT2D eigenvalue weighted by molar-refractivity contribution is 6.08. The number of ketones is 1. The van der Waals surface area contributed by atoms with Gasteiger partial charge in [-0.2, -0.15) is 5.10 Å². The van der Waals surface area contributed by atoms with E-state index in [0.717, 1.165) is 22.2 Å². The van der Waals surface area contributed by atoms with Crippen molar-refractivity contribution in [3.8, 4) is 5.75 Å². The van der Waals surface area contributed by atoms with Gasteiger partial charge in [0.25, 0.3) is 5.91 Å². The number of carbonyl (C=O) groups excluding carboxylic acids is 3. The summed E-state index contributed by atoms with van der Waals surface area (Å²) in [6.07, 6.45) is 1.08. The summed E-state index contributed by atoms with van der Waals surface area (Å²) < 4.78 is 9.90. The predicted molar refractivity (Wildman–Crippen MR) is 94.1 cm³/mol. The number of nitrogens with zero attached hydrogens (tertiary/aromatic N) is 4. The minimum absolute atomic E-state index is 0.0414. The molecular formula is C17H14N4O7. The van der Waals surface area contributed by atoms with Crippen molar-refractivity contribution in [1.82, 2.24) is 9.91 Å². The Morgan fingerprint density at radius 2 is 2.00 bits per heavy atom. The molecule has 1 aromatic heterocycles. The smallest absolute Gasteiger partial charge is 0.433 e. The summed E-state index contributed by atoms with van der Waals surface area (Å²) in [6.45, 7) is -0.781. The molecule has 0 saturated carbocycles. The van der Waals surface area contributed by atoms with Crippen LogP contribution in [0.5, 0.6) is 5.75 Å². The van der Waals surface area contributed by atoms with Crippen molar-refractivity contribution < 1.29 is 28.5 Å². The second-order valence-electron chi connectivity index (χ2n) is 5.65. The number of imide groups is 1. The van der Waals surface area contributed by atoms with Gasteiger partial charge in [0, 0.05) is 5.56 Å². The van der Waals surface area contributed by atoms with Crippen LogP contribution in [0.4, 0.5) is 10.7 Å². The van der Waals surface area contributed by atoms with Crippen molar-refractivity contribution >= 4 is 29.8 Å². The number of urea groups is 1. The number of hydrogen-bond donors (Lipinski definition) is 0. The molecule has 11 nitrogen and oxygen atoms in total. The van der Waals surface area contributed by atoms with Crippen LogP contribution in [0.3, 0.4) is 0 Å². The number of carbonyl (C=O) groups is 3. The lowest BCUT2D eigenvalue weighted by Gasteiger charge is -2.13. The van der Waals surface area contributed by atoms with Crippen molar-refractivity contribution in [3.05, 3.63) is 57.8 Å². The van der Waals surface area contributed by atoms with Gasteiger partial charge >= 0.3 is 11.9 Å². The summed E-state index contributed by atoms with van der Waals surface area (Å²) in [5.74, 6) is -0.869. The Morgan fingerprint density at radius 1 is 1.29 bits per heavy atom. The van der Waals surface area contributed by atoms with E-state index < -0.39 is 35.1 Å². The zero-order chi connectivity index (χ0) is 20.3. The topological polar surface area (TPSA) is 136 Å². The minimum atomic E-state index is -0.774. The van der Waals surface area contributed by atoms with Crippen LogP contribution >= 0.6 is 0 Å². The lowest BCUT2D eigenvalue weighted by Crippen LogP contribution is -2.36. The molecule has 1 aromatic carbocycles. The number of methoxy groups -OCH3 is 1. The first kappa shape index (κ1) is 18.8. The Hall–Kier alpha value is -4.02. The monoisotopic (exact) mass is 386 g/mol.